The van der Waals surface area contributed by atoms with Crippen LogP contribution in [0.2, 0.25) is 0 Å². The second-order valence-electron chi connectivity index (χ2n) is 13.8. The fraction of sp³-hybridized carbons (Fsp3) is 0.370. The van der Waals surface area contributed by atoms with Gasteiger partial charge >= 0.3 is 30.8 Å². The molecule has 13 nitrogen and oxygen atoms in total. The zero-order valence-corrected chi connectivity index (χ0v) is 57.5. The topological polar surface area (TPSA) is 265 Å². The third-order valence-corrected chi connectivity index (χ3v) is 10.8. The van der Waals surface area contributed by atoms with Crippen molar-refractivity contribution in [2.75, 3.05) is 25.2 Å². The maximum Gasteiger partial charge on any atom is 1.00 e. The number of aryl methyl sites for hydroxylation is 4. The number of esters is 2. The zero-order chi connectivity index (χ0) is 54.2. The minimum absolute atomic E-state index is 0. The number of amidine groups is 2. The van der Waals surface area contributed by atoms with Gasteiger partial charge in [0.05, 0.1) is 29.7 Å². The smallest absolute Gasteiger partial charge is 1.00 e. The van der Waals surface area contributed by atoms with E-state index < -0.39 is 11.9 Å². The number of carbonyl (C=O) groups excluding carboxylic acids is 2. The molecule has 6 rings (SSSR count). The molecule has 4 aromatic carbocycles. The van der Waals surface area contributed by atoms with Crippen molar-refractivity contribution in [3.05, 3.63) is 140 Å². The summed E-state index contributed by atoms with van der Waals surface area (Å²) >= 11 is 32.7. The average Bonchev–Trinajstić information content (AvgIpc) is 3.97. The standard InChI is InChI=1S/C11H16N4S2.C9H10Br2.C9H6O3.C9H12O2.C4H8O.C2H6O.CH2Cl2.CH4N2S.Al.Br3P.2BrH.Li.4H/c1-7-2-3-8(5-16-10(12)13)9(4-7)6-17-11(14)15;1-7-2-3-8(5-10)9(4-7)6-11;1-5-2-3-6-7(4-5)9(11)12-8(6)10;1-7-2-3-8(5-10)9(4-7)6-11;1-2-4-5-3-1;1-2-3;2-1-3;2-1(3)4;;1-4(2)3;;;;;;;/h2-4H,5-6H2,1H3,(H3,12,13)(H3,14,15);2-4H,5-6H2,1H3;2-4H,1H3;2-4,10-11H,5-6H2,1H3;1-4H2;3H,2H2,1H3;1H2;(H4,2,3,4);;;2*1H;;;;;/q;;;;;;;;;;;;+1;;;;-1. The van der Waals surface area contributed by atoms with E-state index in [0.29, 0.717) is 22.6 Å². The van der Waals surface area contributed by atoms with Gasteiger partial charge in [-0.2, -0.15) is 0 Å². The molecular formula is C46H70AlBr7Cl2LiN6O7PS3. The first kappa shape index (κ1) is 88.5. The molecular weight excluding hydrogens is 1540 g/mol. The van der Waals surface area contributed by atoms with Gasteiger partial charge in [0.25, 0.3) is 0 Å². The predicted molar refractivity (Wildman–Crippen MR) is 354 cm³/mol. The number of fused-ring (bicyclic) bond motifs is 1. The molecule has 1 fully saturated rings. The molecule has 74 heavy (non-hydrogen) atoms. The van der Waals surface area contributed by atoms with E-state index in [1.807, 2.05) is 51.1 Å². The van der Waals surface area contributed by atoms with Crippen LogP contribution in [0.4, 0.5) is 0 Å². The summed E-state index contributed by atoms with van der Waals surface area (Å²) in [6.45, 7) is 11.9. The number of halogens is 9. The maximum atomic E-state index is 11.0. The van der Waals surface area contributed by atoms with Crippen LogP contribution >= 0.6 is 175 Å². The minimum atomic E-state index is -0.546. The number of ether oxygens (including phenoxy) is 2. The Kier molecular flexibility index (Phi) is 68.1. The van der Waals surface area contributed by atoms with Crippen molar-refractivity contribution in [2.45, 2.75) is 82.8 Å². The maximum absolute atomic E-state index is 11.0. The third kappa shape index (κ3) is 48.6. The van der Waals surface area contributed by atoms with Gasteiger partial charge in [0, 0.05) is 42.0 Å². The molecule has 0 amide bonds. The van der Waals surface area contributed by atoms with Gasteiger partial charge in [-0.25, -0.2) is 9.59 Å². The van der Waals surface area contributed by atoms with Crippen LogP contribution < -0.4 is 41.8 Å². The number of cyclic esters (lactones) is 2. The number of thiocarbonyl (C=S) groups is 1. The van der Waals surface area contributed by atoms with E-state index in [0.717, 1.165) is 57.3 Å². The number of nitrogens with one attached hydrogen (secondary N) is 2. The van der Waals surface area contributed by atoms with Crippen LogP contribution in [-0.4, -0.2) is 85.2 Å². The minimum Gasteiger partial charge on any atom is -1.00 e. The number of alkyl halides is 4. The number of benzene rings is 4. The van der Waals surface area contributed by atoms with Crippen LogP contribution in [0.3, 0.4) is 0 Å². The summed E-state index contributed by atoms with van der Waals surface area (Å²) < 4.78 is 9.17. The van der Waals surface area contributed by atoms with Gasteiger partial charge in [0.15, 0.2) is 32.8 Å². The molecule has 0 spiro atoms. The summed E-state index contributed by atoms with van der Waals surface area (Å²) in [5, 5.41) is 42.0. The zero-order valence-electron chi connectivity index (χ0n) is 42.3. The van der Waals surface area contributed by atoms with Crippen LogP contribution in [-0.2, 0) is 44.9 Å². The first-order valence-electron chi connectivity index (χ1n) is 20.5. The number of aliphatic hydroxyl groups excluding tert-OH is 3. The second-order valence-corrected chi connectivity index (χ2v) is 33.5. The van der Waals surface area contributed by atoms with Gasteiger partial charge in [-0.1, -0.05) is 138 Å². The van der Waals surface area contributed by atoms with Crippen LogP contribution in [0.25, 0.3) is 0 Å². The SMILES string of the molecule is Br.Br.BrP(Br)Br.C1CCOC1.CCO.Cc1ccc(CBr)c(CBr)c1.Cc1ccc(CO)c(CO)c1.Cc1ccc(CSC(=N)N)c(CSC(=N)N)c1.Cc1ccc2c(c1)C(=O)OC2=O.ClCCl.NC(N)=S.[AlH3].[H-].[Li+]. The predicted octanol–water partition coefficient (Wildman–Crippen LogP) is 10.2. The van der Waals surface area contributed by atoms with Crippen molar-refractivity contribution in [3.63, 3.8) is 0 Å². The quantitative estimate of drug-likeness (QED) is 0.0116. The molecule has 2 aliphatic heterocycles. The van der Waals surface area contributed by atoms with E-state index in [2.05, 4.69) is 138 Å². The fourth-order valence-electron chi connectivity index (χ4n) is 5.12. The van der Waals surface area contributed by atoms with Crippen molar-refractivity contribution in [1.29, 1.82) is 10.8 Å². The first-order chi connectivity index (χ1) is 33.0. The molecule has 0 atom stereocenters. The van der Waals surface area contributed by atoms with Crippen molar-refractivity contribution in [2.24, 2.45) is 22.9 Å². The molecule has 0 radical (unpaired) electrons. The Labute approximate surface area is 549 Å². The Morgan fingerprint density at radius 1 is 0.662 bits per heavy atom. The molecule has 0 saturated carbocycles. The number of carbonyl (C=O) groups is 2. The van der Waals surface area contributed by atoms with Gasteiger partial charge in [0.2, 0.25) is 0 Å². The molecule has 0 bridgehead atoms. The summed E-state index contributed by atoms with van der Waals surface area (Å²) in [4.78, 5) is 21.9. The molecule has 28 heteroatoms. The molecule has 2 aliphatic rings. The van der Waals surface area contributed by atoms with Gasteiger partial charge in [-0.05, 0) is 152 Å². The Morgan fingerprint density at radius 3 is 1.35 bits per heavy atom. The Balaban J connectivity index is -0.000000118. The average molecular weight is 1610 g/mol. The monoisotopic (exact) mass is 1600 g/mol. The summed E-state index contributed by atoms with van der Waals surface area (Å²) in [7, 11) is 0. The van der Waals surface area contributed by atoms with Gasteiger partial charge in [0.1, 0.15) is 4.03 Å². The normalized spacial score (nSPS) is 10.6. The van der Waals surface area contributed by atoms with E-state index >= 15 is 0 Å². The molecule has 416 valence electrons. The van der Waals surface area contributed by atoms with Crippen LogP contribution in [0.5, 0.6) is 0 Å². The first-order valence-corrected chi connectivity index (χ1v) is 33.6. The Bertz CT molecular complexity index is 2120. The number of thioether (sulfide) groups is 2. The molecule has 0 aromatic heterocycles. The van der Waals surface area contributed by atoms with Gasteiger partial charge in [-0.3, -0.25) is 10.8 Å². The number of aliphatic hydroxyl groups is 3. The van der Waals surface area contributed by atoms with Gasteiger partial charge in [-0.15, -0.1) is 57.2 Å². The Hall–Kier alpha value is 0.690. The summed E-state index contributed by atoms with van der Waals surface area (Å²) in [6, 6.07) is 23.4. The van der Waals surface area contributed by atoms with Gasteiger partial charge < -0.3 is 49.2 Å². The molecule has 4 aromatic rings. The molecule has 2 heterocycles. The molecule has 0 unspecified atom stereocenters. The fourth-order valence-corrected chi connectivity index (χ4v) is 7.36. The van der Waals surface area contributed by atoms with E-state index in [4.69, 9.17) is 65.5 Å². The Morgan fingerprint density at radius 2 is 0.986 bits per heavy atom. The number of hydrogen-bond acceptors (Lipinski definition) is 12. The summed E-state index contributed by atoms with van der Waals surface area (Å²) in [6.07, 6.45) is 2.56. The number of hydrogen-bond donors (Lipinski definition) is 9. The van der Waals surface area contributed by atoms with E-state index in [1.165, 1.54) is 58.6 Å². The largest absolute Gasteiger partial charge is 1.00 e. The summed E-state index contributed by atoms with van der Waals surface area (Å²) in [5.74, 6) is 0.280. The summed E-state index contributed by atoms with van der Waals surface area (Å²) in [5.41, 5.74) is 31.9. The van der Waals surface area contributed by atoms with E-state index in [9.17, 15) is 9.59 Å². The van der Waals surface area contributed by atoms with Crippen molar-refractivity contribution in [3.8, 4) is 0 Å². The second kappa shape index (κ2) is 56.9. The number of nitrogens with two attached hydrogens (primary N) is 4. The third-order valence-electron chi connectivity index (χ3n) is 8.11. The molecule has 0 aliphatic carbocycles. The van der Waals surface area contributed by atoms with E-state index in [-0.39, 0.29) is 116 Å². The van der Waals surface area contributed by atoms with Crippen molar-refractivity contribution < 1.29 is 54.7 Å². The van der Waals surface area contributed by atoms with E-state index in [1.54, 1.807) is 25.1 Å². The van der Waals surface area contributed by atoms with Crippen molar-refractivity contribution in [1.82, 2.24) is 0 Å². The van der Waals surface area contributed by atoms with Crippen LogP contribution in [0, 0.1) is 38.5 Å². The van der Waals surface area contributed by atoms with Crippen molar-refractivity contribution >= 4 is 220 Å². The van der Waals surface area contributed by atoms with Crippen LogP contribution in [0.1, 0.15) is 97.5 Å². The molecule has 13 N–H and O–H groups in total. The number of rotatable bonds is 8. The van der Waals surface area contributed by atoms with Crippen LogP contribution in [0.15, 0.2) is 72.8 Å². The molecule has 1 saturated heterocycles.